The topological polar surface area (TPSA) is 76.1 Å². The van der Waals surface area contributed by atoms with Gasteiger partial charge in [-0.3, -0.25) is 4.79 Å². The zero-order valence-corrected chi connectivity index (χ0v) is 15.5. The molecule has 3 rings (SSSR count). The maximum atomic E-state index is 13.0. The monoisotopic (exact) mass is 369 g/mol. The molecule has 0 saturated heterocycles. The Kier molecular flexibility index (Phi) is 5.64. The number of nitrogens with zero attached hydrogens (tertiary/aromatic N) is 1. The van der Waals surface area contributed by atoms with Gasteiger partial charge in [-0.05, 0) is 42.7 Å². The molecule has 2 aromatic carbocycles. The average Bonchev–Trinajstić information content (AvgIpc) is 3.51. The molecule has 0 heterocycles. The summed E-state index contributed by atoms with van der Waals surface area (Å²) in [5, 5.41) is 9.34. The molecule has 2 aromatic rings. The standard InChI is InChI=1S/C21H23NO5/c1-26-17-9-10-19(27-2)15(11-17)13-22(16-7-8-16)20(23)12-14-5-3-4-6-18(14)21(24)25/h3-6,9-11,16H,7-8,12-13H2,1-2H3,(H,24,25). The summed E-state index contributed by atoms with van der Waals surface area (Å²) >= 11 is 0. The molecule has 1 N–H and O–H groups in total. The largest absolute Gasteiger partial charge is 0.497 e. The molecule has 6 nitrogen and oxygen atoms in total. The lowest BCUT2D eigenvalue weighted by Gasteiger charge is -2.24. The second-order valence-electron chi connectivity index (χ2n) is 6.57. The molecule has 0 radical (unpaired) electrons. The Morgan fingerprint density at radius 1 is 1.07 bits per heavy atom. The molecule has 0 atom stereocenters. The lowest BCUT2D eigenvalue weighted by Crippen LogP contribution is -2.34. The van der Waals surface area contributed by atoms with E-state index in [1.807, 2.05) is 23.1 Å². The summed E-state index contributed by atoms with van der Waals surface area (Å²) in [6.07, 6.45) is 1.97. The Hall–Kier alpha value is -3.02. The third-order valence-corrected chi connectivity index (χ3v) is 4.73. The van der Waals surface area contributed by atoms with Crippen molar-refractivity contribution in [1.82, 2.24) is 4.90 Å². The quantitative estimate of drug-likeness (QED) is 0.774. The van der Waals surface area contributed by atoms with Gasteiger partial charge >= 0.3 is 5.97 Å². The molecule has 142 valence electrons. The van der Waals surface area contributed by atoms with Gasteiger partial charge in [0, 0.05) is 18.2 Å². The molecule has 0 aromatic heterocycles. The Morgan fingerprint density at radius 2 is 1.81 bits per heavy atom. The van der Waals surface area contributed by atoms with Crippen LogP contribution in [-0.2, 0) is 17.8 Å². The van der Waals surface area contributed by atoms with Crippen LogP contribution in [0.2, 0.25) is 0 Å². The second kappa shape index (κ2) is 8.12. The fourth-order valence-electron chi connectivity index (χ4n) is 3.14. The molecule has 1 fully saturated rings. The van der Waals surface area contributed by atoms with E-state index >= 15 is 0 Å². The molecule has 27 heavy (non-hydrogen) atoms. The summed E-state index contributed by atoms with van der Waals surface area (Å²) in [5.74, 6) is 0.285. The van der Waals surface area contributed by atoms with Crippen LogP contribution in [0.5, 0.6) is 11.5 Å². The van der Waals surface area contributed by atoms with Crippen LogP contribution >= 0.6 is 0 Å². The Bertz CT molecular complexity index is 844. The zero-order valence-electron chi connectivity index (χ0n) is 15.5. The molecule has 0 aliphatic heterocycles. The van der Waals surface area contributed by atoms with E-state index < -0.39 is 5.97 Å². The number of benzene rings is 2. The summed E-state index contributed by atoms with van der Waals surface area (Å²) in [6.45, 7) is 0.402. The van der Waals surface area contributed by atoms with Gasteiger partial charge in [0.05, 0.1) is 26.2 Å². The van der Waals surface area contributed by atoms with Crippen molar-refractivity contribution in [2.75, 3.05) is 14.2 Å². The van der Waals surface area contributed by atoms with Crippen LogP contribution in [0, 0.1) is 0 Å². The summed E-state index contributed by atoms with van der Waals surface area (Å²) in [4.78, 5) is 26.2. The normalized spacial score (nSPS) is 13.1. The third kappa shape index (κ3) is 4.39. The minimum Gasteiger partial charge on any atom is -0.497 e. The number of hydrogen-bond acceptors (Lipinski definition) is 4. The van der Waals surface area contributed by atoms with Crippen molar-refractivity contribution in [3.05, 3.63) is 59.2 Å². The van der Waals surface area contributed by atoms with E-state index in [1.165, 1.54) is 6.07 Å². The van der Waals surface area contributed by atoms with Crippen LogP contribution in [-0.4, -0.2) is 42.1 Å². The molecular formula is C21H23NO5. The minimum atomic E-state index is -1.02. The van der Waals surface area contributed by atoms with Gasteiger partial charge in [0.15, 0.2) is 0 Å². The number of hydrogen-bond donors (Lipinski definition) is 1. The van der Waals surface area contributed by atoms with E-state index in [-0.39, 0.29) is 23.9 Å². The van der Waals surface area contributed by atoms with Crippen molar-refractivity contribution in [2.24, 2.45) is 0 Å². The highest BCUT2D eigenvalue weighted by atomic mass is 16.5. The number of carbonyl (C=O) groups is 2. The fourth-order valence-corrected chi connectivity index (χ4v) is 3.14. The lowest BCUT2D eigenvalue weighted by atomic mass is 10.0. The van der Waals surface area contributed by atoms with Gasteiger partial charge in [0.25, 0.3) is 0 Å². The van der Waals surface area contributed by atoms with Crippen molar-refractivity contribution >= 4 is 11.9 Å². The van der Waals surface area contributed by atoms with Crippen LogP contribution in [0.15, 0.2) is 42.5 Å². The summed E-state index contributed by atoms with van der Waals surface area (Å²) in [6, 6.07) is 12.3. The molecule has 1 aliphatic rings. The fraction of sp³-hybridized carbons (Fsp3) is 0.333. The van der Waals surface area contributed by atoms with E-state index in [9.17, 15) is 14.7 Å². The van der Waals surface area contributed by atoms with Crippen molar-refractivity contribution in [2.45, 2.75) is 31.8 Å². The van der Waals surface area contributed by atoms with Crippen LogP contribution in [0.1, 0.15) is 34.3 Å². The molecule has 0 bridgehead atoms. The van der Waals surface area contributed by atoms with E-state index in [1.54, 1.807) is 32.4 Å². The SMILES string of the molecule is COc1ccc(OC)c(CN(C(=O)Cc2ccccc2C(=O)O)C2CC2)c1. The Morgan fingerprint density at radius 3 is 2.44 bits per heavy atom. The summed E-state index contributed by atoms with van der Waals surface area (Å²) < 4.78 is 10.7. The van der Waals surface area contributed by atoms with E-state index in [0.717, 1.165) is 18.4 Å². The predicted molar refractivity (Wildman–Crippen MR) is 100 cm³/mol. The molecule has 0 spiro atoms. The minimum absolute atomic E-state index is 0.0608. The van der Waals surface area contributed by atoms with Crippen molar-refractivity contribution in [3.63, 3.8) is 0 Å². The molecule has 0 unspecified atom stereocenters. The number of carbonyl (C=O) groups excluding carboxylic acids is 1. The summed E-state index contributed by atoms with van der Waals surface area (Å²) in [7, 11) is 3.19. The molecule has 1 aliphatic carbocycles. The van der Waals surface area contributed by atoms with Crippen LogP contribution in [0.3, 0.4) is 0 Å². The number of aromatic carboxylic acids is 1. The first-order valence-electron chi connectivity index (χ1n) is 8.85. The third-order valence-electron chi connectivity index (χ3n) is 4.73. The molecule has 6 heteroatoms. The molecule has 1 amide bonds. The van der Waals surface area contributed by atoms with Crippen LogP contribution in [0.4, 0.5) is 0 Å². The predicted octanol–water partition coefficient (Wildman–Crippen LogP) is 3.14. The van der Waals surface area contributed by atoms with Crippen LogP contribution < -0.4 is 9.47 Å². The van der Waals surface area contributed by atoms with Crippen molar-refractivity contribution in [1.29, 1.82) is 0 Å². The van der Waals surface area contributed by atoms with Gasteiger partial charge in [-0.2, -0.15) is 0 Å². The van der Waals surface area contributed by atoms with Gasteiger partial charge < -0.3 is 19.5 Å². The van der Waals surface area contributed by atoms with E-state index in [2.05, 4.69) is 0 Å². The summed E-state index contributed by atoms with van der Waals surface area (Å²) in [5.41, 5.74) is 1.56. The van der Waals surface area contributed by atoms with Gasteiger partial charge in [0.2, 0.25) is 5.91 Å². The Labute approximate surface area is 158 Å². The van der Waals surface area contributed by atoms with Gasteiger partial charge in [0.1, 0.15) is 11.5 Å². The maximum absolute atomic E-state index is 13.0. The Balaban J connectivity index is 1.83. The maximum Gasteiger partial charge on any atom is 0.335 e. The highest BCUT2D eigenvalue weighted by Crippen LogP contribution is 2.32. The van der Waals surface area contributed by atoms with Gasteiger partial charge in [-0.15, -0.1) is 0 Å². The number of methoxy groups -OCH3 is 2. The first-order chi connectivity index (χ1) is 13.0. The highest BCUT2D eigenvalue weighted by molar-refractivity contribution is 5.91. The first kappa shape index (κ1) is 18.8. The number of carboxylic acid groups (broad SMARTS) is 1. The number of ether oxygens (including phenoxy) is 2. The van der Waals surface area contributed by atoms with Gasteiger partial charge in [-0.1, -0.05) is 18.2 Å². The van der Waals surface area contributed by atoms with Crippen molar-refractivity contribution in [3.8, 4) is 11.5 Å². The van der Waals surface area contributed by atoms with E-state index in [0.29, 0.717) is 23.6 Å². The number of carboxylic acids is 1. The second-order valence-corrected chi connectivity index (χ2v) is 6.57. The highest BCUT2D eigenvalue weighted by Gasteiger charge is 2.33. The average molecular weight is 369 g/mol. The van der Waals surface area contributed by atoms with Crippen LogP contribution in [0.25, 0.3) is 0 Å². The smallest absolute Gasteiger partial charge is 0.335 e. The zero-order chi connectivity index (χ0) is 19.4. The molecule has 1 saturated carbocycles. The lowest BCUT2D eigenvalue weighted by molar-refractivity contribution is -0.131. The van der Waals surface area contributed by atoms with Gasteiger partial charge in [-0.25, -0.2) is 4.79 Å². The molecular weight excluding hydrogens is 346 g/mol. The first-order valence-corrected chi connectivity index (χ1v) is 8.85. The van der Waals surface area contributed by atoms with Crippen molar-refractivity contribution < 1.29 is 24.2 Å². The number of rotatable bonds is 8. The number of amides is 1. The van der Waals surface area contributed by atoms with E-state index in [4.69, 9.17) is 9.47 Å².